The number of ether oxygens (including phenoxy) is 1. The lowest BCUT2D eigenvalue weighted by atomic mass is 10.00. The fraction of sp³-hybridized carbons (Fsp3) is 0.333. The van der Waals surface area contributed by atoms with Crippen molar-refractivity contribution in [2.75, 3.05) is 20.2 Å². The number of benzene rings is 1. The van der Waals surface area contributed by atoms with Crippen LogP contribution in [0.3, 0.4) is 0 Å². The zero-order valence-electron chi connectivity index (χ0n) is 8.86. The van der Waals surface area contributed by atoms with Crippen molar-refractivity contribution < 1.29 is 4.74 Å². The highest BCUT2D eigenvalue weighted by molar-refractivity contribution is 5.72. The Morgan fingerprint density at radius 3 is 2.93 bits per heavy atom. The van der Waals surface area contributed by atoms with Gasteiger partial charge in [-0.05, 0) is 11.6 Å². The molecule has 0 bridgehead atoms. The molecule has 3 N–H and O–H groups in total. The van der Waals surface area contributed by atoms with Crippen molar-refractivity contribution in [1.29, 1.82) is 0 Å². The summed E-state index contributed by atoms with van der Waals surface area (Å²) in [6.07, 6.45) is 2.11. The van der Waals surface area contributed by atoms with Gasteiger partial charge in [-0.3, -0.25) is 0 Å². The molecule has 0 saturated heterocycles. The van der Waals surface area contributed by atoms with E-state index in [2.05, 4.69) is 17.5 Å². The molecule has 0 fully saturated rings. The molecule has 3 nitrogen and oxygen atoms in total. The lowest BCUT2D eigenvalue weighted by Crippen LogP contribution is -2.37. The first-order valence-corrected chi connectivity index (χ1v) is 5.11. The van der Waals surface area contributed by atoms with Crippen LogP contribution in [-0.2, 0) is 0 Å². The van der Waals surface area contributed by atoms with Gasteiger partial charge in [-0.2, -0.15) is 0 Å². The van der Waals surface area contributed by atoms with Gasteiger partial charge >= 0.3 is 0 Å². The van der Waals surface area contributed by atoms with Crippen LogP contribution in [0.5, 0.6) is 5.75 Å². The van der Waals surface area contributed by atoms with Crippen LogP contribution in [-0.4, -0.2) is 26.2 Å². The van der Waals surface area contributed by atoms with Gasteiger partial charge in [0.15, 0.2) is 0 Å². The van der Waals surface area contributed by atoms with E-state index in [0.717, 1.165) is 24.4 Å². The summed E-state index contributed by atoms with van der Waals surface area (Å²) >= 11 is 0. The average Bonchev–Trinajstić information content (AvgIpc) is 2.29. The molecule has 0 radical (unpaired) electrons. The van der Waals surface area contributed by atoms with Crippen molar-refractivity contribution in [3.8, 4) is 5.75 Å². The molecular formula is C12H16N2O. The maximum Gasteiger partial charge on any atom is 0.126 e. The predicted molar refractivity (Wildman–Crippen MR) is 61.8 cm³/mol. The summed E-state index contributed by atoms with van der Waals surface area (Å²) in [4.78, 5) is 0. The van der Waals surface area contributed by atoms with E-state index in [0.29, 0.717) is 0 Å². The highest BCUT2D eigenvalue weighted by atomic mass is 16.5. The van der Waals surface area contributed by atoms with Crippen LogP contribution in [0.2, 0.25) is 0 Å². The Balaban J connectivity index is 2.36. The van der Waals surface area contributed by atoms with E-state index in [-0.39, 0.29) is 6.04 Å². The van der Waals surface area contributed by atoms with Crippen LogP contribution in [0.15, 0.2) is 30.3 Å². The Morgan fingerprint density at radius 1 is 1.40 bits per heavy atom. The zero-order chi connectivity index (χ0) is 10.7. The van der Waals surface area contributed by atoms with Gasteiger partial charge in [0.25, 0.3) is 0 Å². The number of nitrogens with two attached hydrogens (primary N) is 1. The summed E-state index contributed by atoms with van der Waals surface area (Å²) in [7, 11) is 1.69. The fourth-order valence-corrected chi connectivity index (χ4v) is 1.84. The van der Waals surface area contributed by atoms with E-state index >= 15 is 0 Å². The standard InChI is InChI=1S/C12H16N2O/c1-15-12-5-3-2-4-11(12)9-6-10(13)8-14-7-9/h2-6,10,14H,7-8,13H2,1H3. The highest BCUT2D eigenvalue weighted by Crippen LogP contribution is 2.26. The third-order valence-electron chi connectivity index (χ3n) is 2.56. The molecule has 3 heteroatoms. The van der Waals surface area contributed by atoms with E-state index in [1.807, 2.05) is 18.2 Å². The summed E-state index contributed by atoms with van der Waals surface area (Å²) in [6.45, 7) is 1.70. The average molecular weight is 204 g/mol. The minimum absolute atomic E-state index is 0.0960. The molecule has 0 saturated carbocycles. The third-order valence-corrected chi connectivity index (χ3v) is 2.56. The topological polar surface area (TPSA) is 47.3 Å². The second-order valence-corrected chi connectivity index (χ2v) is 3.69. The molecule has 0 aliphatic carbocycles. The Bertz CT molecular complexity index is 374. The van der Waals surface area contributed by atoms with Crippen LogP contribution in [0, 0.1) is 0 Å². The molecule has 1 unspecified atom stereocenters. The Labute approximate surface area is 89.9 Å². The van der Waals surface area contributed by atoms with Crippen LogP contribution < -0.4 is 15.8 Å². The number of methoxy groups -OCH3 is 1. The Morgan fingerprint density at radius 2 is 2.20 bits per heavy atom. The number of rotatable bonds is 2. The van der Waals surface area contributed by atoms with Crippen molar-refractivity contribution in [1.82, 2.24) is 5.32 Å². The first kappa shape index (κ1) is 10.2. The largest absolute Gasteiger partial charge is 0.496 e. The number of hydrogen-bond donors (Lipinski definition) is 2. The maximum atomic E-state index is 5.87. The smallest absolute Gasteiger partial charge is 0.126 e. The summed E-state index contributed by atoms with van der Waals surface area (Å²) in [5.41, 5.74) is 8.22. The lowest BCUT2D eigenvalue weighted by molar-refractivity contribution is 0.413. The number of hydrogen-bond acceptors (Lipinski definition) is 3. The van der Waals surface area contributed by atoms with Gasteiger partial charge in [-0.15, -0.1) is 0 Å². The molecule has 0 spiro atoms. The van der Waals surface area contributed by atoms with Crippen molar-refractivity contribution in [3.05, 3.63) is 35.9 Å². The molecule has 0 amide bonds. The molecule has 0 aromatic heterocycles. The molecule has 15 heavy (non-hydrogen) atoms. The van der Waals surface area contributed by atoms with Gasteiger partial charge < -0.3 is 15.8 Å². The second-order valence-electron chi connectivity index (χ2n) is 3.69. The molecule has 1 atom stereocenters. The lowest BCUT2D eigenvalue weighted by Gasteiger charge is -2.20. The molecular weight excluding hydrogens is 188 g/mol. The van der Waals surface area contributed by atoms with Crippen molar-refractivity contribution in [2.45, 2.75) is 6.04 Å². The van der Waals surface area contributed by atoms with Crippen LogP contribution in [0.1, 0.15) is 5.56 Å². The van der Waals surface area contributed by atoms with E-state index in [1.165, 1.54) is 5.57 Å². The van der Waals surface area contributed by atoms with Crippen molar-refractivity contribution in [2.24, 2.45) is 5.73 Å². The SMILES string of the molecule is COc1ccccc1C1=CC(N)CNC1. The molecule has 1 aromatic carbocycles. The third kappa shape index (κ3) is 2.19. The second kappa shape index (κ2) is 4.47. The van der Waals surface area contributed by atoms with Crippen molar-refractivity contribution in [3.63, 3.8) is 0 Å². The summed E-state index contributed by atoms with van der Waals surface area (Å²) in [5, 5.41) is 3.29. The van der Waals surface area contributed by atoms with E-state index < -0.39 is 0 Å². The van der Waals surface area contributed by atoms with Gasteiger partial charge in [-0.1, -0.05) is 24.3 Å². The van der Waals surface area contributed by atoms with Crippen molar-refractivity contribution >= 4 is 5.57 Å². The van der Waals surface area contributed by atoms with Crippen LogP contribution in [0.4, 0.5) is 0 Å². The van der Waals surface area contributed by atoms with Gasteiger partial charge in [-0.25, -0.2) is 0 Å². The highest BCUT2D eigenvalue weighted by Gasteiger charge is 2.13. The van der Waals surface area contributed by atoms with E-state index in [9.17, 15) is 0 Å². The first-order valence-electron chi connectivity index (χ1n) is 5.11. The van der Waals surface area contributed by atoms with Gasteiger partial charge in [0.1, 0.15) is 5.75 Å². The molecule has 1 aliphatic heterocycles. The molecule has 80 valence electrons. The van der Waals surface area contributed by atoms with Crippen LogP contribution in [0.25, 0.3) is 5.57 Å². The number of nitrogens with one attached hydrogen (secondary N) is 1. The van der Waals surface area contributed by atoms with E-state index in [1.54, 1.807) is 7.11 Å². The molecule has 1 aromatic rings. The van der Waals surface area contributed by atoms with Crippen LogP contribution >= 0.6 is 0 Å². The minimum Gasteiger partial charge on any atom is -0.496 e. The van der Waals surface area contributed by atoms with Gasteiger partial charge in [0.2, 0.25) is 0 Å². The number of para-hydroxylation sites is 1. The predicted octanol–water partition coefficient (Wildman–Crippen LogP) is 1.01. The summed E-state index contributed by atoms with van der Waals surface area (Å²) < 4.78 is 5.32. The minimum atomic E-state index is 0.0960. The Hall–Kier alpha value is -1.32. The first-order chi connectivity index (χ1) is 7.31. The maximum absolute atomic E-state index is 5.87. The Kier molecular flexibility index (Phi) is 3.04. The van der Waals surface area contributed by atoms with Gasteiger partial charge in [0.05, 0.1) is 7.11 Å². The summed E-state index contributed by atoms with van der Waals surface area (Å²) in [5.74, 6) is 0.902. The quantitative estimate of drug-likeness (QED) is 0.755. The monoisotopic (exact) mass is 204 g/mol. The van der Waals surface area contributed by atoms with E-state index in [4.69, 9.17) is 10.5 Å². The molecule has 2 rings (SSSR count). The molecule has 1 aliphatic rings. The van der Waals surface area contributed by atoms with Gasteiger partial charge in [0, 0.05) is 24.7 Å². The zero-order valence-corrected chi connectivity index (χ0v) is 8.86. The normalized spacial score (nSPS) is 20.9. The fourth-order valence-electron chi connectivity index (χ4n) is 1.84. The summed E-state index contributed by atoms with van der Waals surface area (Å²) in [6, 6.07) is 8.11. The molecule has 1 heterocycles.